The van der Waals surface area contributed by atoms with Gasteiger partial charge in [0.25, 0.3) is 0 Å². The summed E-state index contributed by atoms with van der Waals surface area (Å²) < 4.78 is 0. The predicted octanol–water partition coefficient (Wildman–Crippen LogP) is 1.42. The molecule has 1 heterocycles. The van der Waals surface area contributed by atoms with E-state index < -0.39 is 0 Å². The minimum Gasteiger partial charge on any atom is -0.346 e. The van der Waals surface area contributed by atoms with Gasteiger partial charge in [0.15, 0.2) is 0 Å². The summed E-state index contributed by atoms with van der Waals surface area (Å²) in [5, 5.41) is 0. The van der Waals surface area contributed by atoms with Gasteiger partial charge in [-0.05, 0) is 25.8 Å². The van der Waals surface area contributed by atoms with Crippen molar-refractivity contribution >= 4 is 0 Å². The van der Waals surface area contributed by atoms with Crippen molar-refractivity contribution in [2.45, 2.75) is 33.6 Å². The van der Waals surface area contributed by atoms with Crippen molar-refractivity contribution in [3.8, 4) is 0 Å². The molecule has 3 N–H and O–H groups in total. The zero-order valence-corrected chi connectivity index (χ0v) is 8.72. The molecule has 0 saturated carbocycles. The van der Waals surface area contributed by atoms with Gasteiger partial charge in [-0.25, -0.2) is 4.98 Å². The van der Waals surface area contributed by atoms with Gasteiger partial charge in [0.1, 0.15) is 5.82 Å². The summed E-state index contributed by atoms with van der Waals surface area (Å²) in [5.74, 6) is 1.68. The average molecular weight is 181 g/mol. The predicted molar refractivity (Wildman–Crippen MR) is 54.6 cm³/mol. The fraction of sp³-hybridized carbons (Fsp3) is 0.700. The summed E-state index contributed by atoms with van der Waals surface area (Å²) in [4.78, 5) is 7.76. The summed E-state index contributed by atoms with van der Waals surface area (Å²) in [6, 6.07) is 0. The van der Waals surface area contributed by atoms with Crippen LogP contribution in [-0.4, -0.2) is 16.5 Å². The molecule has 3 nitrogen and oxygen atoms in total. The Morgan fingerprint density at radius 3 is 2.69 bits per heavy atom. The Balaban J connectivity index is 2.71. The van der Waals surface area contributed by atoms with Crippen molar-refractivity contribution in [2.75, 3.05) is 6.54 Å². The van der Waals surface area contributed by atoms with Crippen LogP contribution in [-0.2, 0) is 12.8 Å². The first kappa shape index (κ1) is 10.3. The van der Waals surface area contributed by atoms with Crippen molar-refractivity contribution in [3.63, 3.8) is 0 Å². The minimum atomic E-state index is 0.660. The lowest BCUT2D eigenvalue weighted by atomic mass is 10.1. The molecule has 0 saturated heterocycles. The Morgan fingerprint density at radius 2 is 2.15 bits per heavy atom. The molecule has 74 valence electrons. The van der Waals surface area contributed by atoms with Crippen molar-refractivity contribution < 1.29 is 0 Å². The third kappa shape index (κ3) is 2.84. The van der Waals surface area contributed by atoms with Gasteiger partial charge in [0.2, 0.25) is 0 Å². The summed E-state index contributed by atoms with van der Waals surface area (Å²) in [7, 11) is 0. The van der Waals surface area contributed by atoms with E-state index in [9.17, 15) is 0 Å². The lowest BCUT2D eigenvalue weighted by Gasteiger charge is -2.00. The first-order valence-electron chi connectivity index (χ1n) is 4.88. The van der Waals surface area contributed by atoms with Crippen molar-refractivity contribution in [1.82, 2.24) is 9.97 Å². The van der Waals surface area contributed by atoms with Crippen molar-refractivity contribution in [1.29, 1.82) is 0 Å². The first-order valence-corrected chi connectivity index (χ1v) is 4.88. The van der Waals surface area contributed by atoms with Crippen molar-refractivity contribution in [2.24, 2.45) is 11.7 Å². The summed E-state index contributed by atoms with van der Waals surface area (Å²) in [5.41, 5.74) is 7.85. The number of hydrogen-bond acceptors (Lipinski definition) is 2. The SMILES string of the molecule is Cc1[nH]c(CCN)nc1CC(C)C. The van der Waals surface area contributed by atoms with Crippen molar-refractivity contribution in [3.05, 3.63) is 17.2 Å². The van der Waals surface area contributed by atoms with Crippen LogP contribution < -0.4 is 5.73 Å². The zero-order valence-electron chi connectivity index (χ0n) is 8.72. The lowest BCUT2D eigenvalue weighted by Crippen LogP contribution is -2.04. The van der Waals surface area contributed by atoms with Gasteiger partial charge in [-0.1, -0.05) is 13.8 Å². The molecule has 0 aliphatic carbocycles. The molecule has 0 spiro atoms. The molecule has 0 aliphatic rings. The summed E-state index contributed by atoms with van der Waals surface area (Å²) in [6.45, 7) is 7.15. The monoisotopic (exact) mass is 181 g/mol. The molecular formula is C10H19N3. The van der Waals surface area contributed by atoms with Crippen LogP contribution in [0, 0.1) is 12.8 Å². The number of H-pyrrole nitrogens is 1. The minimum absolute atomic E-state index is 0.660. The Labute approximate surface area is 79.8 Å². The molecule has 1 rings (SSSR count). The number of nitrogens with one attached hydrogen (secondary N) is 1. The molecule has 0 atom stereocenters. The highest BCUT2D eigenvalue weighted by molar-refractivity contribution is 5.13. The van der Waals surface area contributed by atoms with E-state index in [1.165, 1.54) is 11.4 Å². The molecule has 1 aromatic heterocycles. The van der Waals surface area contributed by atoms with Crippen LogP contribution in [0.3, 0.4) is 0 Å². The molecular weight excluding hydrogens is 162 g/mol. The number of aromatic amines is 1. The maximum atomic E-state index is 5.46. The third-order valence-corrected chi connectivity index (χ3v) is 2.02. The summed E-state index contributed by atoms with van der Waals surface area (Å²) in [6.07, 6.45) is 1.89. The highest BCUT2D eigenvalue weighted by atomic mass is 14.9. The van der Waals surface area contributed by atoms with Gasteiger partial charge in [-0.2, -0.15) is 0 Å². The quantitative estimate of drug-likeness (QED) is 0.738. The second-order valence-corrected chi connectivity index (χ2v) is 3.89. The van der Waals surface area contributed by atoms with Gasteiger partial charge in [-0.15, -0.1) is 0 Å². The Kier molecular flexibility index (Phi) is 3.48. The molecule has 0 aromatic carbocycles. The van der Waals surface area contributed by atoms with E-state index in [1.807, 2.05) is 0 Å². The molecule has 3 heteroatoms. The molecule has 0 aliphatic heterocycles. The van der Waals surface area contributed by atoms with E-state index in [2.05, 4.69) is 30.7 Å². The maximum Gasteiger partial charge on any atom is 0.107 e. The molecule has 0 fully saturated rings. The standard InChI is InChI=1S/C10H19N3/c1-7(2)6-9-8(3)12-10(13-9)4-5-11/h7H,4-6,11H2,1-3H3,(H,12,13). The zero-order chi connectivity index (χ0) is 9.84. The van der Waals surface area contributed by atoms with Crippen LogP contribution in [0.25, 0.3) is 0 Å². The van der Waals surface area contributed by atoms with Gasteiger partial charge < -0.3 is 10.7 Å². The van der Waals surface area contributed by atoms with Crippen LogP contribution in [0.5, 0.6) is 0 Å². The van der Waals surface area contributed by atoms with Crippen LogP contribution in [0.2, 0.25) is 0 Å². The molecule has 0 unspecified atom stereocenters. The van der Waals surface area contributed by atoms with Gasteiger partial charge >= 0.3 is 0 Å². The number of rotatable bonds is 4. The average Bonchev–Trinajstić information content (AvgIpc) is 2.31. The topological polar surface area (TPSA) is 54.7 Å². The lowest BCUT2D eigenvalue weighted by molar-refractivity contribution is 0.634. The fourth-order valence-corrected chi connectivity index (χ4v) is 1.40. The van der Waals surface area contributed by atoms with E-state index in [4.69, 9.17) is 5.73 Å². The van der Waals surface area contributed by atoms with E-state index >= 15 is 0 Å². The number of aromatic nitrogens is 2. The Bertz CT molecular complexity index is 263. The first-order chi connectivity index (χ1) is 6.13. The normalized spacial score (nSPS) is 11.2. The van der Waals surface area contributed by atoms with Crippen LogP contribution in [0.1, 0.15) is 31.1 Å². The fourth-order valence-electron chi connectivity index (χ4n) is 1.40. The van der Waals surface area contributed by atoms with E-state index in [-0.39, 0.29) is 0 Å². The Hall–Kier alpha value is -0.830. The van der Waals surface area contributed by atoms with Crippen LogP contribution in [0.4, 0.5) is 0 Å². The highest BCUT2D eigenvalue weighted by Gasteiger charge is 2.07. The number of hydrogen-bond donors (Lipinski definition) is 2. The second kappa shape index (κ2) is 4.42. The number of imidazole rings is 1. The van der Waals surface area contributed by atoms with Gasteiger partial charge in [-0.3, -0.25) is 0 Å². The highest BCUT2D eigenvalue weighted by Crippen LogP contribution is 2.10. The van der Waals surface area contributed by atoms with Crippen LogP contribution >= 0.6 is 0 Å². The molecule has 0 bridgehead atoms. The largest absolute Gasteiger partial charge is 0.346 e. The molecule has 13 heavy (non-hydrogen) atoms. The van der Waals surface area contributed by atoms with Crippen LogP contribution in [0.15, 0.2) is 0 Å². The number of aryl methyl sites for hydroxylation is 1. The van der Waals surface area contributed by atoms with E-state index in [0.29, 0.717) is 12.5 Å². The smallest absolute Gasteiger partial charge is 0.107 e. The van der Waals surface area contributed by atoms with Gasteiger partial charge in [0, 0.05) is 12.1 Å². The Morgan fingerprint density at radius 1 is 1.46 bits per heavy atom. The van der Waals surface area contributed by atoms with E-state index in [1.54, 1.807) is 0 Å². The third-order valence-electron chi connectivity index (χ3n) is 2.02. The number of nitrogens with zero attached hydrogens (tertiary/aromatic N) is 1. The number of nitrogens with two attached hydrogens (primary N) is 1. The molecule has 1 aromatic rings. The van der Waals surface area contributed by atoms with Gasteiger partial charge in [0.05, 0.1) is 5.69 Å². The maximum absolute atomic E-state index is 5.46. The molecule has 0 amide bonds. The summed E-state index contributed by atoms with van der Waals surface area (Å²) >= 11 is 0. The second-order valence-electron chi connectivity index (χ2n) is 3.89. The molecule has 0 radical (unpaired) electrons. The van der Waals surface area contributed by atoms with E-state index in [0.717, 1.165) is 18.7 Å².